The van der Waals surface area contributed by atoms with Crippen molar-refractivity contribution in [3.05, 3.63) is 59.2 Å². The maximum absolute atomic E-state index is 12.2. The largest absolute Gasteiger partial charge is 0.456 e. The van der Waals surface area contributed by atoms with E-state index in [0.717, 1.165) is 16.7 Å². The minimum absolute atomic E-state index is 0.161. The van der Waals surface area contributed by atoms with Crippen molar-refractivity contribution >= 4 is 27.4 Å². The number of aryl methyl sites for hydroxylation is 3. The predicted molar refractivity (Wildman–Crippen MR) is 103 cm³/mol. The van der Waals surface area contributed by atoms with Gasteiger partial charge >= 0.3 is 5.97 Å². The van der Waals surface area contributed by atoms with Crippen LogP contribution in [0.4, 0.5) is 5.69 Å². The molecule has 2 aromatic rings. The van der Waals surface area contributed by atoms with Crippen LogP contribution in [-0.2, 0) is 24.2 Å². The minimum Gasteiger partial charge on any atom is -0.456 e. The Morgan fingerprint density at radius 1 is 0.963 bits per heavy atom. The van der Waals surface area contributed by atoms with Gasteiger partial charge in [0.05, 0.1) is 17.1 Å². The highest BCUT2D eigenvalue weighted by Crippen LogP contribution is 2.15. The van der Waals surface area contributed by atoms with E-state index in [2.05, 4.69) is 5.32 Å². The second-order valence-corrected chi connectivity index (χ2v) is 8.50. The summed E-state index contributed by atoms with van der Waals surface area (Å²) < 4.78 is 29.3. The van der Waals surface area contributed by atoms with E-state index in [0.29, 0.717) is 5.69 Å². The Hall–Kier alpha value is -2.67. The number of benzene rings is 2. The Kier molecular flexibility index (Phi) is 6.74. The smallest absolute Gasteiger partial charge is 0.307 e. The fourth-order valence-corrected chi connectivity index (χ4v) is 3.54. The normalized spacial score (nSPS) is 11.1. The van der Waals surface area contributed by atoms with E-state index in [1.165, 1.54) is 12.1 Å². The number of hydrogen-bond acceptors (Lipinski definition) is 5. The summed E-state index contributed by atoms with van der Waals surface area (Å²) in [6.07, 6.45) is -0.312. The molecule has 0 atom stereocenters. The molecule has 2 aromatic carbocycles. The van der Waals surface area contributed by atoms with E-state index in [4.69, 9.17) is 4.74 Å². The summed E-state index contributed by atoms with van der Waals surface area (Å²) >= 11 is 0. The first kappa shape index (κ1) is 20.6. The third kappa shape index (κ3) is 6.21. The lowest BCUT2D eigenvalue weighted by Crippen LogP contribution is -2.22. The Morgan fingerprint density at radius 2 is 1.63 bits per heavy atom. The second kappa shape index (κ2) is 8.81. The van der Waals surface area contributed by atoms with Crippen LogP contribution in [0.2, 0.25) is 0 Å². The van der Waals surface area contributed by atoms with Crippen LogP contribution in [0, 0.1) is 20.8 Å². The highest BCUT2D eigenvalue weighted by molar-refractivity contribution is 7.91. The Bertz CT molecular complexity index is 933. The molecule has 0 saturated carbocycles. The van der Waals surface area contributed by atoms with Crippen LogP contribution in [-0.4, -0.2) is 32.7 Å². The summed E-state index contributed by atoms with van der Waals surface area (Å²) in [4.78, 5) is 23.8. The van der Waals surface area contributed by atoms with Crippen molar-refractivity contribution in [2.24, 2.45) is 0 Å². The molecule has 1 N–H and O–H groups in total. The molecular formula is C20H23NO5S. The van der Waals surface area contributed by atoms with Gasteiger partial charge in [0.25, 0.3) is 5.91 Å². The van der Waals surface area contributed by atoms with E-state index in [9.17, 15) is 18.0 Å². The second-order valence-electron chi connectivity index (χ2n) is 6.39. The SMILES string of the molecule is Cc1ccc(S(=O)(=O)CCC(=O)OCC(=O)Nc2ccc(C)c(C)c2)cc1. The summed E-state index contributed by atoms with van der Waals surface area (Å²) in [5.41, 5.74) is 3.70. The number of carbonyl (C=O) groups is 2. The van der Waals surface area contributed by atoms with Crippen LogP contribution < -0.4 is 5.32 Å². The Morgan fingerprint density at radius 3 is 2.26 bits per heavy atom. The van der Waals surface area contributed by atoms with E-state index in [1.54, 1.807) is 18.2 Å². The molecule has 0 fully saturated rings. The zero-order valence-corrected chi connectivity index (χ0v) is 16.4. The number of ether oxygens (including phenoxy) is 1. The molecule has 0 aliphatic rings. The summed E-state index contributed by atoms with van der Waals surface area (Å²) in [6, 6.07) is 11.9. The first-order chi connectivity index (χ1) is 12.7. The molecule has 0 heterocycles. The van der Waals surface area contributed by atoms with E-state index in [1.807, 2.05) is 32.9 Å². The van der Waals surface area contributed by atoms with Crippen LogP contribution in [0.5, 0.6) is 0 Å². The molecule has 0 saturated heterocycles. The van der Waals surface area contributed by atoms with Gasteiger partial charge in [0.15, 0.2) is 16.4 Å². The molecule has 144 valence electrons. The van der Waals surface area contributed by atoms with E-state index < -0.39 is 28.3 Å². The van der Waals surface area contributed by atoms with Crippen molar-refractivity contribution in [1.29, 1.82) is 0 Å². The number of nitrogens with one attached hydrogen (secondary N) is 1. The highest BCUT2D eigenvalue weighted by Gasteiger charge is 2.17. The number of hydrogen-bond donors (Lipinski definition) is 1. The number of anilines is 1. The zero-order chi connectivity index (χ0) is 20.0. The third-order valence-corrected chi connectivity index (χ3v) is 5.84. The van der Waals surface area contributed by atoms with E-state index >= 15 is 0 Å². The highest BCUT2D eigenvalue weighted by atomic mass is 32.2. The van der Waals surface area contributed by atoms with Crippen LogP contribution in [0.15, 0.2) is 47.4 Å². The molecule has 2 rings (SSSR count). The molecule has 0 bridgehead atoms. The zero-order valence-electron chi connectivity index (χ0n) is 15.6. The summed E-state index contributed by atoms with van der Waals surface area (Å²) in [6.45, 7) is 5.29. The van der Waals surface area contributed by atoms with Crippen molar-refractivity contribution in [2.45, 2.75) is 32.1 Å². The molecule has 6 nitrogen and oxygen atoms in total. The minimum atomic E-state index is -3.57. The molecule has 0 spiro atoms. The third-order valence-electron chi connectivity index (χ3n) is 4.11. The molecule has 0 aliphatic heterocycles. The van der Waals surface area contributed by atoms with Gasteiger partial charge in [-0.05, 0) is 56.2 Å². The number of esters is 1. The molecule has 0 aromatic heterocycles. The van der Waals surface area contributed by atoms with Gasteiger partial charge in [0.2, 0.25) is 0 Å². The molecule has 7 heteroatoms. The van der Waals surface area contributed by atoms with Crippen molar-refractivity contribution in [3.63, 3.8) is 0 Å². The summed E-state index contributed by atoms with van der Waals surface area (Å²) in [5.74, 6) is -1.58. The Labute approximate surface area is 159 Å². The van der Waals surface area contributed by atoms with Crippen LogP contribution >= 0.6 is 0 Å². The van der Waals surface area contributed by atoms with Crippen LogP contribution in [0.3, 0.4) is 0 Å². The van der Waals surface area contributed by atoms with Gasteiger partial charge in [-0.1, -0.05) is 23.8 Å². The fraction of sp³-hybridized carbons (Fsp3) is 0.300. The maximum Gasteiger partial charge on any atom is 0.307 e. The van der Waals surface area contributed by atoms with Crippen molar-refractivity contribution in [1.82, 2.24) is 0 Å². The number of sulfone groups is 1. The lowest BCUT2D eigenvalue weighted by atomic mass is 10.1. The number of rotatable bonds is 7. The number of amides is 1. The van der Waals surface area contributed by atoms with Gasteiger partial charge in [-0.25, -0.2) is 8.42 Å². The fourth-order valence-electron chi connectivity index (χ4n) is 2.32. The van der Waals surface area contributed by atoms with Crippen LogP contribution in [0.25, 0.3) is 0 Å². The van der Waals surface area contributed by atoms with Crippen LogP contribution in [0.1, 0.15) is 23.1 Å². The molecule has 0 unspecified atom stereocenters. The van der Waals surface area contributed by atoms with Crippen molar-refractivity contribution in [2.75, 3.05) is 17.7 Å². The molecule has 0 radical (unpaired) electrons. The summed E-state index contributed by atoms with van der Waals surface area (Å²) in [5, 5.41) is 2.63. The standard InChI is InChI=1S/C20H23NO5S/c1-14-4-8-18(9-5-14)27(24,25)11-10-20(23)26-13-19(22)21-17-7-6-15(2)16(3)12-17/h4-9,12H,10-11,13H2,1-3H3,(H,21,22). The maximum atomic E-state index is 12.2. The lowest BCUT2D eigenvalue weighted by molar-refractivity contribution is -0.146. The van der Waals surface area contributed by atoms with Gasteiger partial charge in [-0.15, -0.1) is 0 Å². The average molecular weight is 389 g/mol. The quantitative estimate of drug-likeness (QED) is 0.736. The molecule has 1 amide bonds. The van der Waals surface area contributed by atoms with Gasteiger partial charge in [-0.3, -0.25) is 9.59 Å². The van der Waals surface area contributed by atoms with E-state index in [-0.39, 0.29) is 17.1 Å². The topological polar surface area (TPSA) is 89.5 Å². The van der Waals surface area contributed by atoms with Gasteiger partial charge < -0.3 is 10.1 Å². The average Bonchev–Trinajstić information content (AvgIpc) is 2.62. The molecule has 27 heavy (non-hydrogen) atoms. The lowest BCUT2D eigenvalue weighted by Gasteiger charge is -2.09. The van der Waals surface area contributed by atoms with Gasteiger partial charge in [0, 0.05) is 5.69 Å². The van der Waals surface area contributed by atoms with Crippen molar-refractivity contribution in [3.8, 4) is 0 Å². The molecular weight excluding hydrogens is 366 g/mol. The summed E-state index contributed by atoms with van der Waals surface area (Å²) in [7, 11) is -3.57. The van der Waals surface area contributed by atoms with Gasteiger partial charge in [-0.2, -0.15) is 0 Å². The first-order valence-electron chi connectivity index (χ1n) is 8.49. The van der Waals surface area contributed by atoms with Gasteiger partial charge in [0.1, 0.15) is 0 Å². The first-order valence-corrected chi connectivity index (χ1v) is 10.1. The van der Waals surface area contributed by atoms with Crippen molar-refractivity contribution < 1.29 is 22.7 Å². The number of carbonyl (C=O) groups excluding carboxylic acids is 2. The monoisotopic (exact) mass is 389 g/mol. The molecule has 0 aliphatic carbocycles. The Balaban J connectivity index is 1.80. The predicted octanol–water partition coefficient (Wildman–Crippen LogP) is 2.96.